The summed E-state index contributed by atoms with van der Waals surface area (Å²) in [5, 5.41) is 0. The summed E-state index contributed by atoms with van der Waals surface area (Å²) in [4.78, 5) is 0.367. The first-order chi connectivity index (χ1) is 6.45. The van der Waals surface area contributed by atoms with E-state index in [4.69, 9.17) is 5.73 Å². The number of hydrogen-bond donors (Lipinski definition) is 1. The number of rotatable bonds is 3. The summed E-state index contributed by atoms with van der Waals surface area (Å²) in [6.07, 6.45) is 1.93. The maximum atomic E-state index is 11.3. The van der Waals surface area contributed by atoms with Gasteiger partial charge in [0.2, 0.25) is 0 Å². The molecule has 78 valence electrons. The van der Waals surface area contributed by atoms with Crippen LogP contribution in [0, 0.1) is 6.92 Å². The first-order valence-electron chi connectivity index (χ1n) is 4.45. The van der Waals surface area contributed by atoms with Crippen molar-refractivity contribution in [3.8, 4) is 0 Å². The van der Waals surface area contributed by atoms with E-state index in [0.29, 0.717) is 11.4 Å². The standard InChI is InChI=1S/C10H15NO2S/c1-8-3-4-10(14(2,12)13)7-9(8)5-6-11/h3-4,7H,5-6,11H2,1-2H3. The summed E-state index contributed by atoms with van der Waals surface area (Å²) in [5.41, 5.74) is 7.53. The number of benzene rings is 1. The van der Waals surface area contributed by atoms with E-state index in [0.717, 1.165) is 17.5 Å². The Hall–Kier alpha value is -0.870. The molecule has 0 bridgehead atoms. The lowest BCUT2D eigenvalue weighted by Crippen LogP contribution is -2.06. The molecule has 0 saturated heterocycles. The second-order valence-electron chi connectivity index (χ2n) is 3.40. The van der Waals surface area contributed by atoms with Crippen LogP contribution in [0.15, 0.2) is 23.1 Å². The third kappa shape index (κ3) is 2.56. The zero-order chi connectivity index (χ0) is 10.8. The smallest absolute Gasteiger partial charge is 0.175 e. The highest BCUT2D eigenvalue weighted by Gasteiger charge is 2.08. The van der Waals surface area contributed by atoms with E-state index < -0.39 is 9.84 Å². The molecular formula is C10H15NO2S. The Labute approximate surface area is 84.9 Å². The van der Waals surface area contributed by atoms with Crippen LogP contribution in [-0.4, -0.2) is 21.2 Å². The van der Waals surface area contributed by atoms with E-state index >= 15 is 0 Å². The van der Waals surface area contributed by atoms with Gasteiger partial charge < -0.3 is 5.73 Å². The summed E-state index contributed by atoms with van der Waals surface area (Å²) < 4.78 is 22.5. The average Bonchev–Trinajstić information content (AvgIpc) is 2.07. The molecule has 0 radical (unpaired) electrons. The van der Waals surface area contributed by atoms with E-state index in [-0.39, 0.29) is 0 Å². The largest absolute Gasteiger partial charge is 0.330 e. The second-order valence-corrected chi connectivity index (χ2v) is 5.41. The molecule has 0 aliphatic heterocycles. The molecule has 1 rings (SSSR count). The molecule has 0 amide bonds. The van der Waals surface area contributed by atoms with Gasteiger partial charge in [-0.3, -0.25) is 0 Å². The molecule has 4 heteroatoms. The van der Waals surface area contributed by atoms with E-state index in [1.54, 1.807) is 12.1 Å². The zero-order valence-corrected chi connectivity index (χ0v) is 9.26. The molecule has 0 aromatic heterocycles. The second kappa shape index (κ2) is 4.11. The summed E-state index contributed by atoms with van der Waals surface area (Å²) in [6.45, 7) is 2.49. The fraction of sp³-hybridized carbons (Fsp3) is 0.400. The van der Waals surface area contributed by atoms with Gasteiger partial charge in [0.25, 0.3) is 0 Å². The average molecular weight is 213 g/mol. The predicted molar refractivity (Wildman–Crippen MR) is 57.0 cm³/mol. The van der Waals surface area contributed by atoms with Crippen LogP contribution in [-0.2, 0) is 16.3 Å². The van der Waals surface area contributed by atoms with Gasteiger partial charge in [-0.05, 0) is 43.1 Å². The van der Waals surface area contributed by atoms with Gasteiger partial charge in [0.1, 0.15) is 0 Å². The molecule has 0 aliphatic carbocycles. The number of hydrogen-bond acceptors (Lipinski definition) is 3. The summed E-state index contributed by atoms with van der Waals surface area (Å²) in [5.74, 6) is 0. The molecule has 0 spiro atoms. The topological polar surface area (TPSA) is 60.2 Å². The summed E-state index contributed by atoms with van der Waals surface area (Å²) >= 11 is 0. The van der Waals surface area contributed by atoms with Gasteiger partial charge in [-0.25, -0.2) is 8.42 Å². The van der Waals surface area contributed by atoms with Gasteiger partial charge in [-0.15, -0.1) is 0 Å². The van der Waals surface area contributed by atoms with Crippen LogP contribution < -0.4 is 5.73 Å². The number of nitrogens with two attached hydrogens (primary N) is 1. The Bertz CT molecular complexity index is 424. The minimum absolute atomic E-state index is 0.367. The highest BCUT2D eigenvalue weighted by molar-refractivity contribution is 7.90. The molecule has 0 heterocycles. The highest BCUT2D eigenvalue weighted by Crippen LogP contribution is 2.15. The molecule has 14 heavy (non-hydrogen) atoms. The molecule has 0 aliphatic rings. The van der Waals surface area contributed by atoms with Gasteiger partial charge in [0.15, 0.2) is 9.84 Å². The Balaban J connectivity index is 3.20. The highest BCUT2D eigenvalue weighted by atomic mass is 32.2. The Morgan fingerprint density at radius 2 is 2.00 bits per heavy atom. The van der Waals surface area contributed by atoms with Crippen molar-refractivity contribution in [2.75, 3.05) is 12.8 Å². The SMILES string of the molecule is Cc1ccc(S(C)(=O)=O)cc1CCN. The lowest BCUT2D eigenvalue weighted by molar-refractivity contribution is 0.601. The Kier molecular flexibility index (Phi) is 3.29. The molecule has 0 saturated carbocycles. The van der Waals surface area contributed by atoms with Crippen molar-refractivity contribution < 1.29 is 8.42 Å². The van der Waals surface area contributed by atoms with Crippen LogP contribution in [0.3, 0.4) is 0 Å². The molecule has 1 aromatic rings. The molecule has 3 nitrogen and oxygen atoms in total. The van der Waals surface area contributed by atoms with Gasteiger partial charge in [-0.2, -0.15) is 0 Å². The minimum atomic E-state index is -3.10. The predicted octanol–water partition coefficient (Wildman–Crippen LogP) is 0.900. The van der Waals surface area contributed by atoms with Crippen LogP contribution in [0.25, 0.3) is 0 Å². The van der Waals surface area contributed by atoms with Gasteiger partial charge in [0, 0.05) is 6.26 Å². The maximum Gasteiger partial charge on any atom is 0.175 e. The van der Waals surface area contributed by atoms with Gasteiger partial charge in [-0.1, -0.05) is 6.07 Å². The molecule has 0 unspecified atom stereocenters. The number of sulfone groups is 1. The molecule has 0 atom stereocenters. The van der Waals surface area contributed by atoms with E-state index in [9.17, 15) is 8.42 Å². The first kappa shape index (κ1) is 11.2. The van der Waals surface area contributed by atoms with Crippen molar-refractivity contribution in [1.82, 2.24) is 0 Å². The van der Waals surface area contributed by atoms with Crippen LogP contribution >= 0.6 is 0 Å². The van der Waals surface area contributed by atoms with E-state index in [1.807, 2.05) is 13.0 Å². The Morgan fingerprint density at radius 1 is 1.36 bits per heavy atom. The van der Waals surface area contributed by atoms with Crippen molar-refractivity contribution in [2.45, 2.75) is 18.2 Å². The van der Waals surface area contributed by atoms with Crippen molar-refractivity contribution in [2.24, 2.45) is 5.73 Å². The van der Waals surface area contributed by atoms with Crippen LogP contribution in [0.5, 0.6) is 0 Å². The van der Waals surface area contributed by atoms with Crippen molar-refractivity contribution >= 4 is 9.84 Å². The fourth-order valence-electron chi connectivity index (χ4n) is 1.30. The quantitative estimate of drug-likeness (QED) is 0.811. The summed E-state index contributed by atoms with van der Waals surface area (Å²) in [6, 6.07) is 5.16. The fourth-order valence-corrected chi connectivity index (χ4v) is 1.97. The van der Waals surface area contributed by atoms with Crippen LogP contribution in [0.4, 0.5) is 0 Å². The molecule has 0 fully saturated rings. The van der Waals surface area contributed by atoms with Gasteiger partial charge in [0.05, 0.1) is 4.90 Å². The number of aryl methyl sites for hydroxylation is 1. The molecule has 1 aromatic carbocycles. The van der Waals surface area contributed by atoms with E-state index in [1.165, 1.54) is 6.26 Å². The van der Waals surface area contributed by atoms with Crippen molar-refractivity contribution in [3.63, 3.8) is 0 Å². The normalized spacial score (nSPS) is 11.6. The minimum Gasteiger partial charge on any atom is -0.330 e. The maximum absolute atomic E-state index is 11.3. The lowest BCUT2D eigenvalue weighted by atomic mass is 10.1. The Morgan fingerprint density at radius 3 is 2.50 bits per heavy atom. The molecule has 2 N–H and O–H groups in total. The third-order valence-corrected chi connectivity index (χ3v) is 3.27. The van der Waals surface area contributed by atoms with Crippen LogP contribution in [0.2, 0.25) is 0 Å². The van der Waals surface area contributed by atoms with Crippen LogP contribution in [0.1, 0.15) is 11.1 Å². The van der Waals surface area contributed by atoms with E-state index in [2.05, 4.69) is 0 Å². The van der Waals surface area contributed by atoms with Gasteiger partial charge >= 0.3 is 0 Å². The van der Waals surface area contributed by atoms with Crippen molar-refractivity contribution in [3.05, 3.63) is 29.3 Å². The zero-order valence-electron chi connectivity index (χ0n) is 8.45. The third-order valence-electron chi connectivity index (χ3n) is 2.16. The lowest BCUT2D eigenvalue weighted by Gasteiger charge is -2.06. The first-order valence-corrected chi connectivity index (χ1v) is 6.34. The molecular weight excluding hydrogens is 198 g/mol. The summed E-state index contributed by atoms with van der Waals surface area (Å²) in [7, 11) is -3.10. The van der Waals surface area contributed by atoms with Crippen molar-refractivity contribution in [1.29, 1.82) is 0 Å². The monoisotopic (exact) mass is 213 g/mol.